The highest BCUT2D eigenvalue weighted by molar-refractivity contribution is 5.95. The molecule has 0 spiro atoms. The first kappa shape index (κ1) is 22.2. The number of methoxy groups -OCH3 is 1. The number of anilines is 1. The van der Waals surface area contributed by atoms with Gasteiger partial charge in [-0.1, -0.05) is 0 Å². The summed E-state index contributed by atoms with van der Waals surface area (Å²) >= 11 is 0. The lowest BCUT2D eigenvalue weighted by Crippen LogP contribution is -2.34. The van der Waals surface area contributed by atoms with E-state index in [0.717, 1.165) is 49.6 Å². The van der Waals surface area contributed by atoms with Crippen LogP contribution in [0.1, 0.15) is 48.1 Å². The lowest BCUT2D eigenvalue weighted by Gasteiger charge is -2.33. The summed E-state index contributed by atoms with van der Waals surface area (Å²) in [5.41, 5.74) is 6.93. The standard InChI is InChI=1S/C26H33N3O3/c1-16-12-21(32-5)13-17(2)25(16)29-15-18(3)24-22(29)14-19(4)27-26(24)28-10-8-20(9-11-28)6-7-23(30)31/h12-15,20H,6-11H2,1-5H3,(H,30,31). The molecule has 0 atom stereocenters. The molecule has 0 saturated carbocycles. The molecule has 2 aromatic heterocycles. The summed E-state index contributed by atoms with van der Waals surface area (Å²) in [6.45, 7) is 10.3. The van der Waals surface area contributed by atoms with Crippen molar-refractivity contribution in [2.45, 2.75) is 53.4 Å². The molecule has 1 fully saturated rings. The third-order valence-corrected chi connectivity index (χ3v) is 6.71. The number of aliphatic carboxylic acids is 1. The van der Waals surface area contributed by atoms with E-state index in [1.807, 2.05) is 0 Å². The van der Waals surface area contributed by atoms with E-state index >= 15 is 0 Å². The molecule has 0 unspecified atom stereocenters. The lowest BCUT2D eigenvalue weighted by molar-refractivity contribution is -0.137. The van der Waals surface area contributed by atoms with Crippen molar-refractivity contribution in [3.63, 3.8) is 0 Å². The van der Waals surface area contributed by atoms with Crippen LogP contribution >= 0.6 is 0 Å². The van der Waals surface area contributed by atoms with Crippen molar-refractivity contribution < 1.29 is 14.6 Å². The minimum Gasteiger partial charge on any atom is -0.497 e. The van der Waals surface area contributed by atoms with E-state index in [1.165, 1.54) is 33.3 Å². The minimum absolute atomic E-state index is 0.264. The summed E-state index contributed by atoms with van der Waals surface area (Å²) < 4.78 is 7.76. The van der Waals surface area contributed by atoms with Gasteiger partial charge in [-0.2, -0.15) is 0 Å². The monoisotopic (exact) mass is 435 g/mol. The number of nitrogens with zero attached hydrogens (tertiary/aromatic N) is 3. The number of carbonyl (C=O) groups is 1. The van der Waals surface area contributed by atoms with Crippen molar-refractivity contribution in [2.24, 2.45) is 5.92 Å². The van der Waals surface area contributed by atoms with Crippen LogP contribution in [0.4, 0.5) is 5.82 Å². The zero-order valence-corrected chi connectivity index (χ0v) is 19.7. The molecule has 32 heavy (non-hydrogen) atoms. The number of pyridine rings is 1. The molecule has 0 aliphatic carbocycles. The Morgan fingerprint density at radius 1 is 1.09 bits per heavy atom. The maximum atomic E-state index is 10.9. The number of aryl methyl sites for hydroxylation is 4. The van der Waals surface area contributed by atoms with Crippen LogP contribution in [0.5, 0.6) is 5.75 Å². The van der Waals surface area contributed by atoms with Gasteiger partial charge in [0.2, 0.25) is 0 Å². The zero-order valence-electron chi connectivity index (χ0n) is 19.7. The third-order valence-electron chi connectivity index (χ3n) is 6.71. The molecule has 6 heteroatoms. The minimum atomic E-state index is -0.699. The van der Waals surface area contributed by atoms with E-state index in [4.69, 9.17) is 14.8 Å². The Balaban J connectivity index is 1.72. The van der Waals surface area contributed by atoms with Crippen LogP contribution in [0.3, 0.4) is 0 Å². The van der Waals surface area contributed by atoms with Gasteiger partial charge in [0.05, 0.1) is 18.3 Å². The number of hydrogen-bond donors (Lipinski definition) is 1. The van der Waals surface area contributed by atoms with Gasteiger partial charge in [0.15, 0.2) is 0 Å². The lowest BCUT2D eigenvalue weighted by atomic mass is 9.92. The molecule has 0 bridgehead atoms. The van der Waals surface area contributed by atoms with Gasteiger partial charge in [-0.25, -0.2) is 4.98 Å². The number of carboxylic acids is 1. The Morgan fingerprint density at radius 2 is 1.75 bits per heavy atom. The number of aromatic nitrogens is 2. The molecule has 4 rings (SSSR count). The third kappa shape index (κ3) is 4.18. The maximum Gasteiger partial charge on any atom is 0.303 e. The summed E-state index contributed by atoms with van der Waals surface area (Å²) in [7, 11) is 1.70. The van der Waals surface area contributed by atoms with Crippen LogP contribution in [0, 0.1) is 33.6 Å². The molecule has 1 aromatic carbocycles. The molecule has 0 amide bonds. The predicted octanol–water partition coefficient (Wildman–Crippen LogP) is 5.35. The van der Waals surface area contributed by atoms with Crippen molar-refractivity contribution in [3.8, 4) is 11.4 Å². The van der Waals surface area contributed by atoms with Crippen molar-refractivity contribution in [1.29, 1.82) is 0 Å². The molecular formula is C26H33N3O3. The molecule has 1 aliphatic heterocycles. The fraction of sp³-hybridized carbons (Fsp3) is 0.462. The van der Waals surface area contributed by atoms with Crippen LogP contribution in [-0.4, -0.2) is 40.8 Å². The van der Waals surface area contributed by atoms with Gasteiger partial charge in [-0.15, -0.1) is 0 Å². The molecule has 3 heterocycles. The van der Waals surface area contributed by atoms with Crippen LogP contribution in [0.25, 0.3) is 16.6 Å². The maximum absolute atomic E-state index is 10.9. The summed E-state index contributed by atoms with van der Waals surface area (Å²) in [5.74, 6) is 1.71. The van der Waals surface area contributed by atoms with E-state index in [2.05, 4.69) is 61.6 Å². The second-order valence-electron chi connectivity index (χ2n) is 9.14. The number of hydrogen-bond acceptors (Lipinski definition) is 4. The van der Waals surface area contributed by atoms with Crippen LogP contribution in [-0.2, 0) is 4.79 Å². The number of fused-ring (bicyclic) bond motifs is 1. The van der Waals surface area contributed by atoms with Gasteiger partial charge in [-0.3, -0.25) is 4.79 Å². The molecule has 1 N–H and O–H groups in total. The normalized spacial score (nSPS) is 14.8. The SMILES string of the molecule is COc1cc(C)c(-n2cc(C)c3c(N4CCC(CCC(=O)O)CC4)nc(C)cc32)c(C)c1. The summed E-state index contributed by atoms with van der Waals surface area (Å²) in [6, 6.07) is 6.34. The molecule has 6 nitrogen and oxygen atoms in total. The van der Waals surface area contributed by atoms with E-state index in [9.17, 15) is 4.79 Å². The van der Waals surface area contributed by atoms with Crippen LogP contribution in [0.15, 0.2) is 24.4 Å². The number of rotatable bonds is 6. The molecular weight excluding hydrogens is 402 g/mol. The quantitative estimate of drug-likeness (QED) is 0.565. The summed E-state index contributed by atoms with van der Waals surface area (Å²) in [6.07, 6.45) is 5.28. The van der Waals surface area contributed by atoms with Gasteiger partial charge < -0.3 is 19.3 Å². The Bertz CT molecular complexity index is 1130. The first-order valence-electron chi connectivity index (χ1n) is 11.4. The molecule has 1 aliphatic rings. The van der Waals surface area contributed by atoms with Crippen molar-refractivity contribution in [2.75, 3.05) is 25.1 Å². The molecule has 1 saturated heterocycles. The highest BCUT2D eigenvalue weighted by atomic mass is 16.5. The average molecular weight is 436 g/mol. The van der Waals surface area contributed by atoms with E-state index in [1.54, 1.807) is 7.11 Å². The average Bonchev–Trinajstić information content (AvgIpc) is 3.07. The number of carboxylic acid groups (broad SMARTS) is 1. The van der Waals surface area contributed by atoms with Crippen molar-refractivity contribution >= 4 is 22.7 Å². The number of ether oxygens (including phenoxy) is 1. The Kier molecular flexibility index (Phi) is 6.13. The highest BCUT2D eigenvalue weighted by Gasteiger charge is 2.24. The fourth-order valence-corrected chi connectivity index (χ4v) is 5.12. The number of piperidine rings is 1. The highest BCUT2D eigenvalue weighted by Crippen LogP contribution is 2.36. The molecule has 0 radical (unpaired) electrons. The van der Waals surface area contributed by atoms with Gasteiger partial charge in [0, 0.05) is 36.8 Å². The van der Waals surface area contributed by atoms with Crippen molar-refractivity contribution in [1.82, 2.24) is 9.55 Å². The van der Waals surface area contributed by atoms with Crippen LogP contribution < -0.4 is 9.64 Å². The van der Waals surface area contributed by atoms with Crippen LogP contribution in [0.2, 0.25) is 0 Å². The Hall–Kier alpha value is -3.02. The van der Waals surface area contributed by atoms with Gasteiger partial charge >= 0.3 is 5.97 Å². The molecule has 3 aromatic rings. The zero-order chi connectivity index (χ0) is 23.0. The van der Waals surface area contributed by atoms with E-state index < -0.39 is 5.97 Å². The fourth-order valence-electron chi connectivity index (χ4n) is 5.12. The van der Waals surface area contributed by atoms with E-state index in [-0.39, 0.29) is 6.42 Å². The smallest absolute Gasteiger partial charge is 0.303 e. The largest absolute Gasteiger partial charge is 0.497 e. The first-order valence-corrected chi connectivity index (χ1v) is 11.4. The Morgan fingerprint density at radius 3 is 2.34 bits per heavy atom. The second kappa shape index (κ2) is 8.85. The second-order valence-corrected chi connectivity index (χ2v) is 9.14. The predicted molar refractivity (Wildman–Crippen MR) is 128 cm³/mol. The van der Waals surface area contributed by atoms with E-state index in [0.29, 0.717) is 5.92 Å². The number of benzene rings is 1. The summed E-state index contributed by atoms with van der Waals surface area (Å²) in [5, 5.41) is 10.2. The van der Waals surface area contributed by atoms with Gasteiger partial charge in [-0.05, 0) is 87.8 Å². The topological polar surface area (TPSA) is 67.6 Å². The van der Waals surface area contributed by atoms with Gasteiger partial charge in [0.1, 0.15) is 11.6 Å². The van der Waals surface area contributed by atoms with Crippen molar-refractivity contribution in [3.05, 3.63) is 46.8 Å². The van der Waals surface area contributed by atoms with Gasteiger partial charge in [0.25, 0.3) is 0 Å². The summed E-state index contributed by atoms with van der Waals surface area (Å²) in [4.78, 5) is 18.3. The Labute approximate surface area is 189 Å². The molecule has 170 valence electrons. The first-order chi connectivity index (χ1) is 15.3.